The number of benzene rings is 1. The quantitative estimate of drug-likeness (QED) is 0.344. The van der Waals surface area contributed by atoms with Crippen molar-refractivity contribution in [3.63, 3.8) is 0 Å². The maximum Gasteiger partial charge on any atom is 0.191 e. The van der Waals surface area contributed by atoms with Gasteiger partial charge in [0.15, 0.2) is 5.96 Å². The zero-order valence-electron chi connectivity index (χ0n) is 15.0. The van der Waals surface area contributed by atoms with E-state index < -0.39 is 0 Å². The first-order valence-corrected chi connectivity index (χ1v) is 8.18. The molecule has 0 saturated carbocycles. The van der Waals surface area contributed by atoms with Crippen LogP contribution in [0.1, 0.15) is 20.8 Å². The van der Waals surface area contributed by atoms with Gasteiger partial charge in [-0.05, 0) is 51.7 Å². The number of likely N-dealkylation sites (N-methyl/N-ethyl adjacent to an activating group) is 1. The molecule has 0 spiro atoms. The number of nitrogens with zero attached hydrogens (tertiary/aromatic N) is 2. The third-order valence-corrected chi connectivity index (χ3v) is 3.33. The highest BCUT2D eigenvalue weighted by Crippen LogP contribution is 2.12. The van der Waals surface area contributed by atoms with Crippen LogP contribution in [0.5, 0.6) is 5.75 Å². The minimum absolute atomic E-state index is 0. The largest absolute Gasteiger partial charge is 0.489 e. The highest BCUT2D eigenvalue weighted by Gasteiger charge is 2.05. The molecule has 0 aliphatic carbocycles. The van der Waals surface area contributed by atoms with Crippen LogP contribution in [-0.4, -0.2) is 56.7 Å². The van der Waals surface area contributed by atoms with Crippen LogP contribution in [0.2, 0.25) is 0 Å². The number of halogens is 2. The average molecular weight is 452 g/mol. The summed E-state index contributed by atoms with van der Waals surface area (Å²) in [5.74, 6) is 1.17. The SMILES string of the molecule is CCNC(=NCC(C)Oc1ccc(F)cc1)NCCN(C)CC.I. The topological polar surface area (TPSA) is 48.9 Å². The molecule has 138 valence electrons. The van der Waals surface area contributed by atoms with E-state index in [1.165, 1.54) is 12.1 Å². The van der Waals surface area contributed by atoms with Crippen LogP contribution in [0, 0.1) is 5.82 Å². The lowest BCUT2D eigenvalue weighted by Crippen LogP contribution is -2.41. The van der Waals surface area contributed by atoms with Gasteiger partial charge >= 0.3 is 0 Å². The van der Waals surface area contributed by atoms with Crippen LogP contribution in [0.15, 0.2) is 29.3 Å². The van der Waals surface area contributed by atoms with E-state index in [2.05, 4.69) is 34.5 Å². The van der Waals surface area contributed by atoms with E-state index in [1.807, 2.05) is 13.8 Å². The highest BCUT2D eigenvalue weighted by molar-refractivity contribution is 14.0. The van der Waals surface area contributed by atoms with Crippen LogP contribution in [0.3, 0.4) is 0 Å². The highest BCUT2D eigenvalue weighted by atomic mass is 127. The molecule has 2 N–H and O–H groups in total. The molecule has 0 radical (unpaired) electrons. The van der Waals surface area contributed by atoms with Crippen LogP contribution < -0.4 is 15.4 Å². The molecule has 1 aromatic rings. The Morgan fingerprint density at radius 1 is 1.25 bits per heavy atom. The first-order chi connectivity index (χ1) is 11.0. The molecule has 0 saturated heterocycles. The van der Waals surface area contributed by atoms with Crippen LogP contribution in [0.25, 0.3) is 0 Å². The maximum atomic E-state index is 12.9. The number of hydrogen-bond acceptors (Lipinski definition) is 3. The van der Waals surface area contributed by atoms with Gasteiger partial charge in [0.25, 0.3) is 0 Å². The summed E-state index contributed by atoms with van der Waals surface area (Å²) in [6.07, 6.45) is -0.0887. The van der Waals surface area contributed by atoms with Gasteiger partial charge in [0, 0.05) is 19.6 Å². The Morgan fingerprint density at radius 3 is 2.50 bits per heavy atom. The van der Waals surface area contributed by atoms with Crippen molar-refractivity contribution in [1.29, 1.82) is 0 Å². The lowest BCUT2D eigenvalue weighted by Gasteiger charge is -2.17. The molecule has 1 rings (SSSR count). The van der Waals surface area contributed by atoms with Crippen molar-refractivity contribution < 1.29 is 9.13 Å². The molecule has 0 aliphatic rings. The standard InChI is InChI=1S/C17H29FN4O.HI/c1-5-19-17(20-11-12-22(4)6-2)21-13-14(3)23-16-9-7-15(18)8-10-16;/h7-10,14H,5-6,11-13H2,1-4H3,(H2,19,20,21);1H. The van der Waals surface area contributed by atoms with Crippen LogP contribution in [-0.2, 0) is 0 Å². The Kier molecular flexibility index (Phi) is 12.6. The fourth-order valence-corrected chi connectivity index (χ4v) is 1.87. The zero-order valence-corrected chi connectivity index (χ0v) is 17.3. The summed E-state index contributed by atoms with van der Waals surface area (Å²) in [6.45, 7) is 10.3. The summed E-state index contributed by atoms with van der Waals surface area (Å²) in [5.41, 5.74) is 0. The van der Waals surface area contributed by atoms with Gasteiger partial charge in [0.2, 0.25) is 0 Å². The first kappa shape index (κ1) is 22.9. The van der Waals surface area contributed by atoms with Crippen molar-refractivity contribution in [3.05, 3.63) is 30.1 Å². The molecule has 0 aliphatic heterocycles. The van der Waals surface area contributed by atoms with E-state index in [0.717, 1.165) is 32.1 Å². The van der Waals surface area contributed by atoms with Crippen molar-refractivity contribution in [2.24, 2.45) is 4.99 Å². The van der Waals surface area contributed by atoms with Crippen molar-refractivity contribution >= 4 is 29.9 Å². The van der Waals surface area contributed by atoms with Gasteiger partial charge in [-0.1, -0.05) is 6.92 Å². The van der Waals surface area contributed by atoms with Gasteiger partial charge in [-0.3, -0.25) is 0 Å². The number of hydrogen-bond donors (Lipinski definition) is 2. The lowest BCUT2D eigenvalue weighted by molar-refractivity contribution is 0.230. The number of nitrogens with one attached hydrogen (secondary N) is 2. The molecule has 0 fully saturated rings. The molecule has 0 bridgehead atoms. The average Bonchev–Trinajstić information content (AvgIpc) is 2.54. The van der Waals surface area contributed by atoms with Gasteiger partial charge in [0.1, 0.15) is 17.7 Å². The van der Waals surface area contributed by atoms with E-state index in [0.29, 0.717) is 12.3 Å². The first-order valence-electron chi connectivity index (χ1n) is 8.18. The molecule has 0 heterocycles. The molecule has 1 atom stereocenters. The number of rotatable bonds is 9. The van der Waals surface area contributed by atoms with Gasteiger partial charge in [-0.2, -0.15) is 0 Å². The summed E-state index contributed by atoms with van der Waals surface area (Å²) in [7, 11) is 2.09. The molecular weight excluding hydrogens is 422 g/mol. The fraction of sp³-hybridized carbons (Fsp3) is 0.588. The Labute approximate surface area is 162 Å². The second-order valence-electron chi connectivity index (χ2n) is 5.42. The third kappa shape index (κ3) is 9.92. The monoisotopic (exact) mass is 452 g/mol. The molecule has 5 nitrogen and oxygen atoms in total. The minimum atomic E-state index is -0.265. The summed E-state index contributed by atoms with van der Waals surface area (Å²) in [4.78, 5) is 6.76. The third-order valence-electron chi connectivity index (χ3n) is 3.33. The predicted molar refractivity (Wildman–Crippen MR) is 109 cm³/mol. The van der Waals surface area contributed by atoms with Crippen molar-refractivity contribution in [2.75, 3.05) is 39.8 Å². The smallest absolute Gasteiger partial charge is 0.191 e. The number of guanidine groups is 1. The maximum absolute atomic E-state index is 12.9. The van der Waals surface area contributed by atoms with Crippen molar-refractivity contribution in [2.45, 2.75) is 26.9 Å². The number of aliphatic imine (C=N–C) groups is 1. The van der Waals surface area contributed by atoms with E-state index in [9.17, 15) is 4.39 Å². The Balaban J connectivity index is 0.00000529. The summed E-state index contributed by atoms with van der Waals surface area (Å²) >= 11 is 0. The summed E-state index contributed by atoms with van der Waals surface area (Å²) in [5, 5.41) is 6.52. The van der Waals surface area contributed by atoms with Gasteiger partial charge < -0.3 is 20.3 Å². The molecule has 0 amide bonds. The Bertz CT molecular complexity index is 470. The Hall–Kier alpha value is -1.09. The zero-order chi connectivity index (χ0) is 17.1. The summed E-state index contributed by atoms with van der Waals surface area (Å²) < 4.78 is 18.6. The van der Waals surface area contributed by atoms with E-state index >= 15 is 0 Å². The molecule has 24 heavy (non-hydrogen) atoms. The van der Waals surface area contributed by atoms with Crippen molar-refractivity contribution in [3.8, 4) is 5.75 Å². The fourth-order valence-electron chi connectivity index (χ4n) is 1.87. The van der Waals surface area contributed by atoms with Crippen LogP contribution >= 0.6 is 24.0 Å². The molecule has 7 heteroatoms. The van der Waals surface area contributed by atoms with Gasteiger partial charge in [-0.25, -0.2) is 9.38 Å². The van der Waals surface area contributed by atoms with Gasteiger partial charge in [-0.15, -0.1) is 24.0 Å². The summed E-state index contributed by atoms with van der Waals surface area (Å²) in [6, 6.07) is 6.03. The lowest BCUT2D eigenvalue weighted by atomic mass is 10.3. The Morgan fingerprint density at radius 2 is 1.92 bits per heavy atom. The molecule has 0 aromatic heterocycles. The molecule has 1 unspecified atom stereocenters. The second kappa shape index (κ2) is 13.2. The van der Waals surface area contributed by atoms with Gasteiger partial charge in [0.05, 0.1) is 6.54 Å². The molecular formula is C17H30FIN4O. The van der Waals surface area contributed by atoms with E-state index in [-0.39, 0.29) is 35.9 Å². The van der Waals surface area contributed by atoms with E-state index in [1.54, 1.807) is 12.1 Å². The van der Waals surface area contributed by atoms with Crippen molar-refractivity contribution in [1.82, 2.24) is 15.5 Å². The number of ether oxygens (including phenoxy) is 1. The normalized spacial score (nSPS) is 12.5. The second-order valence-corrected chi connectivity index (χ2v) is 5.42. The van der Waals surface area contributed by atoms with E-state index in [4.69, 9.17) is 4.74 Å². The van der Waals surface area contributed by atoms with Crippen LogP contribution in [0.4, 0.5) is 4.39 Å². The minimum Gasteiger partial charge on any atom is -0.489 e. The molecule has 1 aromatic carbocycles. The predicted octanol–water partition coefficient (Wildman–Crippen LogP) is 2.72.